The van der Waals surface area contributed by atoms with E-state index in [2.05, 4.69) is 27.5 Å². The number of nitrogens with zero attached hydrogens (tertiary/aromatic N) is 2. The zero-order chi connectivity index (χ0) is 20.0. The van der Waals surface area contributed by atoms with Gasteiger partial charge in [0.2, 0.25) is 0 Å². The van der Waals surface area contributed by atoms with Gasteiger partial charge in [0.05, 0.1) is 11.4 Å². The van der Waals surface area contributed by atoms with Crippen LogP contribution in [0.3, 0.4) is 0 Å². The van der Waals surface area contributed by atoms with E-state index in [1.807, 2.05) is 13.0 Å². The van der Waals surface area contributed by atoms with E-state index in [1.165, 1.54) is 0 Å². The van der Waals surface area contributed by atoms with Gasteiger partial charge in [0, 0.05) is 17.3 Å². The molecule has 0 aliphatic heterocycles. The number of carbonyl (C=O) groups is 2. The van der Waals surface area contributed by atoms with Crippen molar-refractivity contribution in [1.82, 2.24) is 15.3 Å². The molecule has 2 rings (SSSR count). The molecule has 1 heterocycles. The number of anilines is 1. The van der Waals surface area contributed by atoms with Crippen molar-refractivity contribution in [2.24, 2.45) is 0 Å². The van der Waals surface area contributed by atoms with Crippen LogP contribution in [0.1, 0.15) is 64.1 Å². The lowest BCUT2D eigenvalue weighted by molar-refractivity contribution is 0.0932. The first-order valence-corrected chi connectivity index (χ1v) is 9.42. The minimum absolute atomic E-state index is 0.00506. The summed E-state index contributed by atoms with van der Waals surface area (Å²) in [6.45, 7) is 8.01. The maximum absolute atomic E-state index is 12.8. The number of nitrogens with one attached hydrogen (secondary N) is 2. The molecule has 6 nitrogen and oxygen atoms in total. The highest BCUT2D eigenvalue weighted by Gasteiger charge is 2.22. The number of rotatable bonds is 7. The minimum atomic E-state index is -0.491. The van der Waals surface area contributed by atoms with Crippen molar-refractivity contribution in [2.45, 2.75) is 47.0 Å². The quantitative estimate of drug-likeness (QED) is 0.695. The number of amides is 2. The van der Waals surface area contributed by atoms with Gasteiger partial charge in [-0.2, -0.15) is 0 Å². The van der Waals surface area contributed by atoms with Crippen LogP contribution in [0.4, 0.5) is 5.69 Å². The summed E-state index contributed by atoms with van der Waals surface area (Å²) in [7, 11) is 0. The molecule has 0 spiro atoms. The van der Waals surface area contributed by atoms with Crippen LogP contribution in [-0.2, 0) is 0 Å². The van der Waals surface area contributed by atoms with Gasteiger partial charge in [-0.1, -0.05) is 37.4 Å². The monoisotopic (exact) mass is 388 g/mol. The molecule has 0 saturated carbocycles. The predicted octanol–water partition coefficient (Wildman–Crippen LogP) is 4.23. The fraction of sp³-hybridized carbons (Fsp3) is 0.400. The second-order valence-corrected chi connectivity index (χ2v) is 6.90. The molecule has 144 valence electrons. The normalized spacial score (nSPS) is 10.6. The summed E-state index contributed by atoms with van der Waals surface area (Å²) >= 11 is 6.01. The number of carbonyl (C=O) groups excluding carboxylic acids is 2. The zero-order valence-corrected chi connectivity index (χ0v) is 16.9. The van der Waals surface area contributed by atoms with E-state index in [0.29, 0.717) is 28.6 Å². The van der Waals surface area contributed by atoms with Gasteiger partial charge in [-0.05, 0) is 44.9 Å². The average Bonchev–Trinajstić information content (AvgIpc) is 2.63. The van der Waals surface area contributed by atoms with Crippen LogP contribution >= 0.6 is 11.6 Å². The molecule has 0 saturated heterocycles. The van der Waals surface area contributed by atoms with Crippen molar-refractivity contribution in [2.75, 3.05) is 11.9 Å². The molecule has 0 atom stereocenters. The first-order chi connectivity index (χ1) is 12.8. The van der Waals surface area contributed by atoms with Crippen molar-refractivity contribution >= 4 is 29.1 Å². The lowest BCUT2D eigenvalue weighted by atomic mass is 10.1. The Morgan fingerprint density at radius 3 is 2.26 bits per heavy atom. The fourth-order valence-corrected chi connectivity index (χ4v) is 2.66. The Balaban J connectivity index is 2.28. The first-order valence-electron chi connectivity index (χ1n) is 9.04. The highest BCUT2D eigenvalue weighted by molar-refractivity contribution is 6.31. The van der Waals surface area contributed by atoms with Gasteiger partial charge < -0.3 is 10.6 Å². The molecule has 2 amide bonds. The van der Waals surface area contributed by atoms with Crippen LogP contribution in [0.5, 0.6) is 0 Å². The summed E-state index contributed by atoms with van der Waals surface area (Å²) in [5, 5.41) is 6.11. The second kappa shape index (κ2) is 9.46. The molecule has 1 aromatic heterocycles. The lowest BCUT2D eigenvalue weighted by Gasteiger charge is -2.13. The summed E-state index contributed by atoms with van der Waals surface area (Å²) in [6, 6.07) is 5.22. The summed E-state index contributed by atoms with van der Waals surface area (Å²) in [4.78, 5) is 34.0. The van der Waals surface area contributed by atoms with Crippen LogP contribution in [0, 0.1) is 20.8 Å². The molecular weight excluding hydrogens is 364 g/mol. The maximum atomic E-state index is 12.8. The maximum Gasteiger partial charge on any atom is 0.276 e. The third-order valence-corrected chi connectivity index (χ3v) is 4.49. The van der Waals surface area contributed by atoms with Crippen LogP contribution in [0.2, 0.25) is 5.02 Å². The lowest BCUT2D eigenvalue weighted by Crippen LogP contribution is -2.30. The fourth-order valence-electron chi connectivity index (χ4n) is 2.49. The van der Waals surface area contributed by atoms with Gasteiger partial charge in [0.25, 0.3) is 11.8 Å². The van der Waals surface area contributed by atoms with Crippen molar-refractivity contribution < 1.29 is 9.59 Å². The highest BCUT2D eigenvalue weighted by atomic mass is 35.5. The Bertz CT molecular complexity index is 852. The number of benzene rings is 1. The molecule has 0 fully saturated rings. The van der Waals surface area contributed by atoms with Crippen LogP contribution in [0.25, 0.3) is 0 Å². The molecule has 0 unspecified atom stereocenters. The van der Waals surface area contributed by atoms with Crippen LogP contribution < -0.4 is 10.6 Å². The molecular formula is C20H25ClN4O2. The smallest absolute Gasteiger partial charge is 0.276 e. The average molecular weight is 389 g/mol. The van der Waals surface area contributed by atoms with E-state index in [-0.39, 0.29) is 11.4 Å². The van der Waals surface area contributed by atoms with E-state index in [1.54, 1.807) is 26.0 Å². The van der Waals surface area contributed by atoms with E-state index in [9.17, 15) is 9.59 Å². The van der Waals surface area contributed by atoms with E-state index in [4.69, 9.17) is 11.6 Å². The Kier molecular flexibility index (Phi) is 7.30. The van der Waals surface area contributed by atoms with E-state index >= 15 is 0 Å². The van der Waals surface area contributed by atoms with Crippen molar-refractivity contribution in [1.29, 1.82) is 0 Å². The number of hydrogen-bond acceptors (Lipinski definition) is 4. The standard InChI is InChI=1S/C20H25ClN4O2/c1-5-6-7-10-22-19(26)17-18(24-14(4)13(3)23-17)20(27)25-16-11-15(21)9-8-12(16)2/h8-9,11H,5-7,10H2,1-4H3,(H,22,26)(H,25,27). The molecule has 2 aromatic rings. The first kappa shape index (κ1) is 20.8. The molecule has 7 heteroatoms. The second-order valence-electron chi connectivity index (χ2n) is 6.47. The third-order valence-electron chi connectivity index (χ3n) is 4.25. The summed E-state index contributed by atoms with van der Waals surface area (Å²) in [6.07, 6.45) is 2.97. The highest BCUT2D eigenvalue weighted by Crippen LogP contribution is 2.21. The molecule has 0 bridgehead atoms. The molecule has 0 aliphatic rings. The number of aryl methyl sites for hydroxylation is 3. The van der Waals surface area contributed by atoms with Gasteiger partial charge >= 0.3 is 0 Å². The zero-order valence-electron chi connectivity index (χ0n) is 16.1. The number of unbranched alkanes of at least 4 members (excludes halogenated alkanes) is 2. The number of aromatic nitrogens is 2. The SMILES string of the molecule is CCCCCNC(=O)c1nc(C)c(C)nc1C(=O)Nc1cc(Cl)ccc1C. The minimum Gasteiger partial charge on any atom is -0.351 e. The topological polar surface area (TPSA) is 84.0 Å². The Labute approximate surface area is 164 Å². The van der Waals surface area contributed by atoms with Crippen molar-refractivity contribution in [3.05, 3.63) is 51.6 Å². The predicted molar refractivity (Wildman–Crippen MR) is 108 cm³/mol. The van der Waals surface area contributed by atoms with Crippen molar-refractivity contribution in [3.8, 4) is 0 Å². The van der Waals surface area contributed by atoms with Crippen LogP contribution in [0.15, 0.2) is 18.2 Å². The number of hydrogen-bond donors (Lipinski definition) is 2. The molecule has 0 radical (unpaired) electrons. The summed E-state index contributed by atoms with van der Waals surface area (Å²) in [5.41, 5.74) is 2.68. The molecule has 27 heavy (non-hydrogen) atoms. The van der Waals surface area contributed by atoms with E-state index in [0.717, 1.165) is 24.8 Å². The Morgan fingerprint density at radius 1 is 1.00 bits per heavy atom. The Morgan fingerprint density at radius 2 is 1.63 bits per heavy atom. The largest absolute Gasteiger partial charge is 0.351 e. The van der Waals surface area contributed by atoms with E-state index < -0.39 is 11.8 Å². The van der Waals surface area contributed by atoms with Crippen molar-refractivity contribution in [3.63, 3.8) is 0 Å². The van der Waals surface area contributed by atoms with Crippen LogP contribution in [-0.4, -0.2) is 28.3 Å². The summed E-state index contributed by atoms with van der Waals surface area (Å²) < 4.78 is 0. The summed E-state index contributed by atoms with van der Waals surface area (Å²) in [5.74, 6) is -0.885. The third kappa shape index (κ3) is 5.50. The molecule has 2 N–H and O–H groups in total. The Hall–Kier alpha value is -2.47. The molecule has 1 aromatic carbocycles. The van der Waals surface area contributed by atoms with Gasteiger partial charge in [0.15, 0.2) is 11.4 Å². The van der Waals surface area contributed by atoms with Gasteiger partial charge in [0.1, 0.15) is 0 Å². The molecule has 0 aliphatic carbocycles. The van der Waals surface area contributed by atoms with Gasteiger partial charge in [-0.3, -0.25) is 9.59 Å². The van der Waals surface area contributed by atoms with Gasteiger partial charge in [-0.25, -0.2) is 9.97 Å². The van der Waals surface area contributed by atoms with Gasteiger partial charge in [-0.15, -0.1) is 0 Å². The number of halogens is 1.